The molecule has 40 heavy (non-hydrogen) atoms. The zero-order valence-corrected chi connectivity index (χ0v) is 24.0. The van der Waals surface area contributed by atoms with Crippen LogP contribution in [0.25, 0.3) is 22.0 Å². The standard InChI is InChI=1S/C29H32Cl2N4O5/c1-4-19(36)7-18-14-40-15-22(18)34-25-9-20-17(12-32-25)8-21(35-29(20)33-11-16-5-6-39-13-16)26-27(30)23(37-2)10-24(38-3)28(26)31/h4,8-10,12,16,18,22H,1,5-7,11,13-15H2,2-3H3,(H,32,34)(H,33,35)/t16?,18-,22+/m0/s1. The van der Waals surface area contributed by atoms with E-state index in [9.17, 15) is 4.79 Å². The summed E-state index contributed by atoms with van der Waals surface area (Å²) in [6, 6.07) is 5.46. The van der Waals surface area contributed by atoms with Gasteiger partial charge in [0.05, 0.1) is 55.8 Å². The fourth-order valence-corrected chi connectivity index (χ4v) is 5.77. The van der Waals surface area contributed by atoms with Crippen LogP contribution < -0.4 is 20.1 Å². The molecule has 0 bridgehead atoms. The van der Waals surface area contributed by atoms with Gasteiger partial charge in [-0.25, -0.2) is 9.97 Å². The van der Waals surface area contributed by atoms with E-state index in [0.29, 0.717) is 83.1 Å². The molecule has 2 aromatic heterocycles. The number of anilines is 2. The number of ether oxygens (including phenoxy) is 4. The molecular formula is C29H32Cl2N4O5. The van der Waals surface area contributed by atoms with Gasteiger partial charge in [-0.05, 0) is 24.6 Å². The van der Waals surface area contributed by atoms with Crippen LogP contribution in [0.4, 0.5) is 11.6 Å². The third-order valence-corrected chi connectivity index (χ3v) is 8.10. The monoisotopic (exact) mass is 586 g/mol. The molecule has 0 aliphatic carbocycles. The molecule has 2 aliphatic rings. The zero-order chi connectivity index (χ0) is 28.2. The predicted octanol–water partition coefficient (Wildman–Crippen LogP) is 5.64. The van der Waals surface area contributed by atoms with Gasteiger partial charge in [0.1, 0.15) is 23.1 Å². The van der Waals surface area contributed by atoms with Gasteiger partial charge in [0.15, 0.2) is 5.78 Å². The van der Waals surface area contributed by atoms with Crippen molar-refractivity contribution in [1.82, 2.24) is 9.97 Å². The first kappa shape index (κ1) is 28.4. The van der Waals surface area contributed by atoms with E-state index in [1.165, 1.54) is 20.3 Å². The Kier molecular flexibility index (Phi) is 8.95. The average Bonchev–Trinajstić information content (AvgIpc) is 3.64. The Morgan fingerprint density at radius 2 is 1.90 bits per heavy atom. The SMILES string of the molecule is C=CC(=O)C[C@H]1COC[C@H]1Nc1cc2c(NCC3CCOC3)nc(-c3c(Cl)c(OC)cc(OC)c3Cl)cc2cn1. The highest BCUT2D eigenvalue weighted by atomic mass is 35.5. The molecular weight excluding hydrogens is 555 g/mol. The summed E-state index contributed by atoms with van der Waals surface area (Å²) < 4.78 is 22.2. The molecule has 1 unspecified atom stereocenters. The van der Waals surface area contributed by atoms with Crippen molar-refractivity contribution in [2.24, 2.45) is 11.8 Å². The second-order valence-electron chi connectivity index (χ2n) is 9.96. The number of aromatic nitrogens is 2. The fourth-order valence-electron chi connectivity index (χ4n) is 5.07. The number of hydrogen-bond acceptors (Lipinski definition) is 9. The van der Waals surface area contributed by atoms with Crippen molar-refractivity contribution in [2.45, 2.75) is 18.9 Å². The number of carbonyl (C=O) groups excluding carboxylic acids is 1. The minimum absolute atomic E-state index is 0.000580. The Hall–Kier alpha value is -3.11. The lowest BCUT2D eigenvalue weighted by atomic mass is 9.97. The summed E-state index contributed by atoms with van der Waals surface area (Å²) in [6.07, 6.45) is 4.50. The van der Waals surface area contributed by atoms with Crippen molar-refractivity contribution >= 4 is 51.4 Å². The lowest BCUT2D eigenvalue weighted by Gasteiger charge is -2.20. The highest BCUT2D eigenvalue weighted by molar-refractivity contribution is 6.41. The highest BCUT2D eigenvalue weighted by Crippen LogP contribution is 2.46. The number of carbonyl (C=O) groups is 1. The van der Waals surface area contributed by atoms with Gasteiger partial charge in [0.25, 0.3) is 0 Å². The molecule has 2 saturated heterocycles. The Bertz CT molecular complexity index is 1380. The minimum Gasteiger partial charge on any atom is -0.495 e. The van der Waals surface area contributed by atoms with Gasteiger partial charge >= 0.3 is 0 Å². The molecule has 2 fully saturated rings. The minimum atomic E-state index is -0.0463. The fraction of sp³-hybridized carbons (Fsp3) is 0.414. The van der Waals surface area contributed by atoms with Crippen LogP contribution in [0.5, 0.6) is 11.5 Å². The third-order valence-electron chi connectivity index (χ3n) is 7.35. The van der Waals surface area contributed by atoms with Crippen LogP contribution in [-0.4, -0.2) is 69.0 Å². The summed E-state index contributed by atoms with van der Waals surface area (Å²) in [5.41, 5.74) is 1.06. The summed E-state index contributed by atoms with van der Waals surface area (Å²) in [4.78, 5) is 21.6. The molecule has 212 valence electrons. The number of fused-ring (bicyclic) bond motifs is 1. The lowest BCUT2D eigenvalue weighted by Crippen LogP contribution is -2.29. The Morgan fingerprint density at radius 3 is 2.58 bits per heavy atom. The molecule has 2 aliphatic heterocycles. The average molecular weight is 588 g/mol. The van der Waals surface area contributed by atoms with E-state index in [1.807, 2.05) is 12.1 Å². The largest absolute Gasteiger partial charge is 0.495 e. The second kappa shape index (κ2) is 12.6. The molecule has 3 aromatic rings. The number of allylic oxidation sites excluding steroid dienone is 1. The van der Waals surface area contributed by atoms with Crippen LogP contribution >= 0.6 is 23.2 Å². The van der Waals surface area contributed by atoms with Gasteiger partial charge in [0.2, 0.25) is 0 Å². The summed E-state index contributed by atoms with van der Waals surface area (Å²) >= 11 is 13.5. The number of nitrogens with zero attached hydrogens (tertiary/aromatic N) is 2. The Labute approximate surface area is 243 Å². The summed E-state index contributed by atoms with van der Waals surface area (Å²) in [7, 11) is 3.07. The predicted molar refractivity (Wildman–Crippen MR) is 157 cm³/mol. The maximum Gasteiger partial charge on any atom is 0.155 e. The van der Waals surface area contributed by atoms with Crippen molar-refractivity contribution < 1.29 is 23.7 Å². The van der Waals surface area contributed by atoms with Crippen molar-refractivity contribution in [3.63, 3.8) is 0 Å². The number of halogens is 2. The first-order valence-corrected chi connectivity index (χ1v) is 13.9. The normalized spacial score (nSPS) is 20.4. The van der Waals surface area contributed by atoms with E-state index < -0.39 is 0 Å². The van der Waals surface area contributed by atoms with E-state index in [-0.39, 0.29) is 17.7 Å². The molecule has 5 rings (SSSR count). The van der Waals surface area contributed by atoms with Crippen LogP contribution in [0.15, 0.2) is 37.1 Å². The van der Waals surface area contributed by atoms with E-state index in [2.05, 4.69) is 22.2 Å². The van der Waals surface area contributed by atoms with Gasteiger partial charge in [-0.3, -0.25) is 4.79 Å². The van der Waals surface area contributed by atoms with Crippen LogP contribution in [0.1, 0.15) is 12.8 Å². The molecule has 3 atom stereocenters. The van der Waals surface area contributed by atoms with Crippen LogP contribution in [0.3, 0.4) is 0 Å². The van der Waals surface area contributed by atoms with E-state index in [0.717, 1.165) is 23.8 Å². The maximum absolute atomic E-state index is 12.0. The van der Waals surface area contributed by atoms with Gasteiger partial charge in [-0.1, -0.05) is 29.8 Å². The van der Waals surface area contributed by atoms with Crippen molar-refractivity contribution in [1.29, 1.82) is 0 Å². The van der Waals surface area contributed by atoms with Gasteiger partial charge in [0, 0.05) is 60.0 Å². The first-order chi connectivity index (χ1) is 19.4. The molecule has 4 heterocycles. The number of benzene rings is 1. The number of pyridine rings is 2. The number of hydrogen-bond donors (Lipinski definition) is 2. The lowest BCUT2D eigenvalue weighted by molar-refractivity contribution is -0.115. The molecule has 9 nitrogen and oxygen atoms in total. The summed E-state index contributed by atoms with van der Waals surface area (Å²) in [5.74, 6) is 2.61. The quantitative estimate of drug-likeness (QED) is 0.276. The van der Waals surface area contributed by atoms with Crippen molar-refractivity contribution in [2.75, 3.05) is 57.8 Å². The van der Waals surface area contributed by atoms with Crippen LogP contribution in [0.2, 0.25) is 10.0 Å². The number of ketones is 1. The smallest absolute Gasteiger partial charge is 0.155 e. The Morgan fingerprint density at radius 1 is 1.12 bits per heavy atom. The number of rotatable bonds is 11. The van der Waals surface area contributed by atoms with E-state index in [4.69, 9.17) is 47.1 Å². The topological polar surface area (TPSA) is 104 Å². The molecule has 11 heteroatoms. The van der Waals surface area contributed by atoms with Crippen LogP contribution in [-0.2, 0) is 14.3 Å². The molecule has 0 radical (unpaired) electrons. The molecule has 0 spiro atoms. The van der Waals surface area contributed by atoms with Crippen molar-refractivity contribution in [3.8, 4) is 22.8 Å². The van der Waals surface area contributed by atoms with Crippen LogP contribution in [0, 0.1) is 11.8 Å². The molecule has 0 amide bonds. The highest BCUT2D eigenvalue weighted by Gasteiger charge is 2.30. The van der Waals surface area contributed by atoms with E-state index in [1.54, 1.807) is 12.3 Å². The Balaban J connectivity index is 1.54. The van der Waals surface area contributed by atoms with E-state index >= 15 is 0 Å². The van der Waals surface area contributed by atoms with Gasteiger partial charge in [-0.15, -0.1) is 0 Å². The van der Waals surface area contributed by atoms with Gasteiger partial charge < -0.3 is 29.6 Å². The van der Waals surface area contributed by atoms with Gasteiger partial charge in [-0.2, -0.15) is 0 Å². The molecule has 2 N–H and O–H groups in total. The number of methoxy groups -OCH3 is 2. The van der Waals surface area contributed by atoms with Crippen molar-refractivity contribution in [3.05, 3.63) is 47.1 Å². The zero-order valence-electron chi connectivity index (χ0n) is 22.5. The first-order valence-electron chi connectivity index (χ1n) is 13.1. The maximum atomic E-state index is 12.0. The second-order valence-corrected chi connectivity index (χ2v) is 10.7. The summed E-state index contributed by atoms with van der Waals surface area (Å²) in [5, 5.41) is 9.37. The third kappa shape index (κ3) is 5.98. The molecule has 1 aromatic carbocycles. The summed E-state index contributed by atoms with van der Waals surface area (Å²) in [6.45, 7) is 6.75. The number of nitrogens with one attached hydrogen (secondary N) is 2. The molecule has 0 saturated carbocycles.